The van der Waals surface area contributed by atoms with Crippen LogP contribution in [0.3, 0.4) is 0 Å². The second-order valence-electron chi connectivity index (χ2n) is 8.66. The van der Waals surface area contributed by atoms with E-state index in [0.29, 0.717) is 28.4 Å². The number of esters is 1. The molecule has 3 aromatic rings. The van der Waals surface area contributed by atoms with Crippen molar-refractivity contribution in [3.63, 3.8) is 0 Å². The van der Waals surface area contributed by atoms with Gasteiger partial charge in [-0.15, -0.1) is 11.3 Å². The van der Waals surface area contributed by atoms with Crippen molar-refractivity contribution in [1.82, 2.24) is 0 Å². The molecule has 1 aliphatic heterocycles. The molecule has 1 amide bonds. The number of halogens is 1. The Kier molecular flexibility index (Phi) is 6.58. The van der Waals surface area contributed by atoms with E-state index in [1.54, 1.807) is 24.0 Å². The van der Waals surface area contributed by atoms with Gasteiger partial charge in [-0.2, -0.15) is 0 Å². The number of ether oxygens (including phenoxy) is 1. The molecular formula is C28H24ClNO4S. The molecule has 0 unspecified atom stereocenters. The molecule has 0 saturated carbocycles. The summed E-state index contributed by atoms with van der Waals surface area (Å²) in [6.45, 7) is 1.93. The quantitative estimate of drug-likeness (QED) is 0.310. The van der Waals surface area contributed by atoms with Crippen LogP contribution in [-0.4, -0.2) is 24.3 Å². The lowest BCUT2D eigenvalue weighted by Gasteiger charge is -2.42. The molecule has 0 saturated heterocycles. The van der Waals surface area contributed by atoms with Crippen LogP contribution in [0.15, 0.2) is 83.4 Å². The van der Waals surface area contributed by atoms with Crippen LogP contribution in [0.1, 0.15) is 42.0 Å². The van der Waals surface area contributed by atoms with Gasteiger partial charge in [-0.05, 0) is 54.6 Å². The monoisotopic (exact) mass is 505 g/mol. The normalized spacial score (nSPS) is 22.2. The van der Waals surface area contributed by atoms with E-state index < -0.39 is 23.7 Å². The maximum atomic E-state index is 14.2. The fourth-order valence-corrected chi connectivity index (χ4v) is 6.25. The Hall–Kier alpha value is -3.22. The topological polar surface area (TPSA) is 63.7 Å². The molecule has 0 radical (unpaired) electrons. The SMILES string of the molecule is CCOC(=O)[C@H]1C(=O)C2=C(C[C@@H]1c1cccs1)N(c1ccccc1)C(=O)C[C@H]2c1cccc(Cl)c1. The van der Waals surface area contributed by atoms with Crippen LogP contribution in [0.25, 0.3) is 0 Å². The minimum Gasteiger partial charge on any atom is -0.465 e. The van der Waals surface area contributed by atoms with Gasteiger partial charge < -0.3 is 4.74 Å². The zero-order valence-corrected chi connectivity index (χ0v) is 20.7. The molecule has 2 aromatic carbocycles. The standard InChI is InChI=1S/C28H24ClNO4S/c1-2-34-28(33)26-21(23-12-7-13-35-23)15-22-25(27(26)32)20(17-8-6-9-18(29)14-17)16-24(31)30(22)19-10-4-3-5-11-19/h3-14,20-21,26H,2,15-16H2,1H3/t20-,21+,26+/m0/s1. The minimum absolute atomic E-state index is 0.0905. The number of anilines is 1. The van der Waals surface area contributed by atoms with Crippen molar-refractivity contribution in [2.75, 3.05) is 11.5 Å². The Morgan fingerprint density at radius 3 is 2.54 bits per heavy atom. The van der Waals surface area contributed by atoms with Gasteiger partial charge >= 0.3 is 5.97 Å². The predicted octanol–water partition coefficient (Wildman–Crippen LogP) is 6.11. The van der Waals surface area contributed by atoms with Crippen LogP contribution in [0.5, 0.6) is 0 Å². The van der Waals surface area contributed by atoms with Crippen molar-refractivity contribution < 1.29 is 19.1 Å². The maximum Gasteiger partial charge on any atom is 0.317 e. The van der Waals surface area contributed by atoms with Crippen molar-refractivity contribution in [1.29, 1.82) is 0 Å². The molecule has 1 aromatic heterocycles. The van der Waals surface area contributed by atoms with E-state index in [1.165, 1.54) is 11.3 Å². The van der Waals surface area contributed by atoms with Gasteiger partial charge in [-0.1, -0.05) is 48.0 Å². The Morgan fingerprint density at radius 1 is 1.06 bits per heavy atom. The summed E-state index contributed by atoms with van der Waals surface area (Å²) in [5.41, 5.74) is 2.65. The highest BCUT2D eigenvalue weighted by molar-refractivity contribution is 7.10. The average Bonchev–Trinajstić information content (AvgIpc) is 3.39. The van der Waals surface area contributed by atoms with Crippen LogP contribution in [-0.2, 0) is 19.1 Å². The number of rotatable bonds is 5. The molecule has 5 nitrogen and oxygen atoms in total. The van der Waals surface area contributed by atoms with E-state index in [0.717, 1.165) is 10.4 Å². The molecule has 2 aliphatic rings. The highest BCUT2D eigenvalue weighted by Gasteiger charge is 2.50. The van der Waals surface area contributed by atoms with Crippen LogP contribution in [0.2, 0.25) is 5.02 Å². The first-order chi connectivity index (χ1) is 17.0. The molecule has 7 heteroatoms. The van der Waals surface area contributed by atoms with Gasteiger partial charge in [0.1, 0.15) is 5.92 Å². The Bertz CT molecular complexity index is 1300. The van der Waals surface area contributed by atoms with Crippen molar-refractivity contribution in [2.45, 2.75) is 31.6 Å². The number of amides is 1. The van der Waals surface area contributed by atoms with Crippen LogP contribution in [0, 0.1) is 5.92 Å². The van der Waals surface area contributed by atoms with Crippen molar-refractivity contribution in [3.8, 4) is 0 Å². The summed E-state index contributed by atoms with van der Waals surface area (Å²) in [5.74, 6) is -2.73. The summed E-state index contributed by atoms with van der Waals surface area (Å²) >= 11 is 7.78. The van der Waals surface area contributed by atoms with Crippen molar-refractivity contribution in [2.24, 2.45) is 5.92 Å². The lowest BCUT2D eigenvalue weighted by Crippen LogP contribution is -2.46. The van der Waals surface area contributed by atoms with E-state index in [4.69, 9.17) is 16.3 Å². The molecule has 0 N–H and O–H groups in total. The first kappa shape index (κ1) is 23.5. The third kappa shape index (κ3) is 4.32. The third-order valence-corrected chi connectivity index (χ3v) is 7.87. The van der Waals surface area contributed by atoms with Gasteiger partial charge in [0.2, 0.25) is 5.91 Å². The fraction of sp³-hybridized carbons (Fsp3) is 0.250. The van der Waals surface area contributed by atoms with Gasteiger partial charge in [-0.3, -0.25) is 19.3 Å². The number of allylic oxidation sites excluding steroid dienone is 2. The number of hydrogen-bond acceptors (Lipinski definition) is 5. The molecule has 0 fully saturated rings. The Morgan fingerprint density at radius 2 is 1.86 bits per heavy atom. The first-order valence-electron chi connectivity index (χ1n) is 11.6. The minimum atomic E-state index is -0.958. The molecule has 5 rings (SSSR count). The fourth-order valence-electron chi connectivity index (χ4n) is 5.19. The lowest BCUT2D eigenvalue weighted by molar-refractivity contribution is -0.152. The number of carbonyl (C=O) groups is 3. The average molecular weight is 506 g/mol. The Labute approximate surface area is 213 Å². The maximum absolute atomic E-state index is 14.2. The molecule has 1 aliphatic carbocycles. The zero-order valence-electron chi connectivity index (χ0n) is 19.1. The van der Waals surface area contributed by atoms with Gasteiger partial charge in [-0.25, -0.2) is 0 Å². The van der Waals surface area contributed by atoms with Crippen molar-refractivity contribution in [3.05, 3.63) is 98.8 Å². The number of hydrogen-bond donors (Lipinski definition) is 0. The number of ketones is 1. The van der Waals surface area contributed by atoms with Gasteiger partial charge in [0.15, 0.2) is 5.78 Å². The molecule has 2 heterocycles. The van der Waals surface area contributed by atoms with Crippen LogP contribution in [0.4, 0.5) is 5.69 Å². The summed E-state index contributed by atoms with van der Waals surface area (Å²) in [4.78, 5) is 43.5. The first-order valence-corrected chi connectivity index (χ1v) is 12.9. The van der Waals surface area contributed by atoms with E-state index in [1.807, 2.05) is 60.0 Å². The van der Waals surface area contributed by atoms with E-state index in [-0.39, 0.29) is 24.7 Å². The Balaban J connectivity index is 1.72. The van der Waals surface area contributed by atoms with Crippen LogP contribution >= 0.6 is 22.9 Å². The van der Waals surface area contributed by atoms with Crippen LogP contribution < -0.4 is 4.90 Å². The number of benzene rings is 2. The summed E-state index contributed by atoms with van der Waals surface area (Å²) in [7, 11) is 0. The largest absolute Gasteiger partial charge is 0.465 e. The predicted molar refractivity (Wildman–Crippen MR) is 137 cm³/mol. The second kappa shape index (κ2) is 9.80. The third-order valence-electron chi connectivity index (χ3n) is 6.64. The van der Waals surface area contributed by atoms with Gasteiger partial charge in [0, 0.05) is 45.1 Å². The molecule has 178 valence electrons. The number of nitrogens with zero attached hydrogens (tertiary/aromatic N) is 1. The molecule has 3 atom stereocenters. The summed E-state index contributed by atoms with van der Waals surface area (Å²) in [6, 6.07) is 20.5. The smallest absolute Gasteiger partial charge is 0.317 e. The van der Waals surface area contributed by atoms with Gasteiger partial charge in [0.25, 0.3) is 0 Å². The summed E-state index contributed by atoms with van der Waals surface area (Å²) in [6.07, 6.45) is 0.488. The zero-order chi connectivity index (χ0) is 24.5. The highest BCUT2D eigenvalue weighted by Crippen LogP contribution is 2.50. The lowest BCUT2D eigenvalue weighted by atomic mass is 9.69. The molecule has 0 spiro atoms. The van der Waals surface area contributed by atoms with Gasteiger partial charge in [0.05, 0.1) is 6.61 Å². The molecule has 35 heavy (non-hydrogen) atoms. The van der Waals surface area contributed by atoms with E-state index >= 15 is 0 Å². The second-order valence-corrected chi connectivity index (χ2v) is 10.1. The van der Waals surface area contributed by atoms with Crippen molar-refractivity contribution >= 4 is 46.3 Å². The molecule has 0 bridgehead atoms. The summed E-state index contributed by atoms with van der Waals surface area (Å²) in [5, 5.41) is 2.46. The number of Topliss-reactive ketones (excluding diaryl/α,β-unsaturated/α-hetero) is 1. The van der Waals surface area contributed by atoms with E-state index in [2.05, 4.69) is 0 Å². The number of para-hydroxylation sites is 1. The summed E-state index contributed by atoms with van der Waals surface area (Å²) < 4.78 is 5.37. The van der Waals surface area contributed by atoms with E-state index in [9.17, 15) is 14.4 Å². The number of thiophene rings is 1. The highest BCUT2D eigenvalue weighted by atomic mass is 35.5. The molecular weight excluding hydrogens is 482 g/mol. The number of carbonyl (C=O) groups excluding carboxylic acids is 3.